The second-order valence-electron chi connectivity index (χ2n) is 4.87. The van der Waals surface area contributed by atoms with Crippen LogP contribution >= 0.6 is 31.9 Å². The number of carbonyl (C=O) groups excluding carboxylic acids is 1. The minimum absolute atomic E-state index is 0.0259. The summed E-state index contributed by atoms with van der Waals surface area (Å²) in [5.74, 6) is 0.543. The van der Waals surface area contributed by atoms with Crippen LogP contribution in [0.2, 0.25) is 0 Å². The molecule has 1 amide bonds. The van der Waals surface area contributed by atoms with Crippen LogP contribution in [0.15, 0.2) is 50.9 Å². The number of benzene rings is 2. The second-order valence-corrected chi connectivity index (χ2v) is 6.64. The number of hydrogen-bond acceptors (Lipinski definition) is 4. The van der Waals surface area contributed by atoms with Crippen molar-refractivity contribution in [2.45, 2.75) is 0 Å². The molecule has 2 rings (SSSR count). The third-order valence-electron chi connectivity index (χ3n) is 3.23. The number of ether oxygens (including phenoxy) is 2. The Morgan fingerprint density at radius 1 is 1.16 bits per heavy atom. The minimum atomic E-state index is -0.490. The van der Waals surface area contributed by atoms with Crippen LogP contribution in [0.25, 0.3) is 6.08 Å². The number of rotatable bonds is 5. The first-order chi connectivity index (χ1) is 12.0. The Balaban J connectivity index is 2.30. The average Bonchev–Trinajstić information content (AvgIpc) is 2.60. The van der Waals surface area contributed by atoms with Gasteiger partial charge < -0.3 is 14.8 Å². The Morgan fingerprint density at radius 2 is 1.84 bits per heavy atom. The number of carbonyl (C=O) groups is 1. The molecular weight excluding hydrogens is 452 g/mol. The van der Waals surface area contributed by atoms with Crippen LogP contribution < -0.4 is 14.8 Å². The van der Waals surface area contributed by atoms with Crippen molar-refractivity contribution in [3.05, 3.63) is 56.5 Å². The Morgan fingerprint density at radius 3 is 2.40 bits per heavy atom. The van der Waals surface area contributed by atoms with E-state index in [1.807, 2.05) is 6.07 Å². The van der Waals surface area contributed by atoms with Crippen LogP contribution in [0.5, 0.6) is 11.5 Å². The summed E-state index contributed by atoms with van der Waals surface area (Å²) >= 11 is 6.71. The van der Waals surface area contributed by atoms with Gasteiger partial charge in [0.25, 0.3) is 5.91 Å². The fraction of sp³-hybridized carbons (Fsp3) is 0.111. The molecule has 25 heavy (non-hydrogen) atoms. The van der Waals surface area contributed by atoms with E-state index in [4.69, 9.17) is 9.47 Å². The highest BCUT2D eigenvalue weighted by atomic mass is 79.9. The molecule has 0 fully saturated rings. The molecule has 2 aromatic carbocycles. The van der Waals surface area contributed by atoms with Gasteiger partial charge in [-0.25, -0.2) is 0 Å². The van der Waals surface area contributed by atoms with Crippen molar-refractivity contribution in [2.75, 3.05) is 19.5 Å². The lowest BCUT2D eigenvalue weighted by molar-refractivity contribution is -0.112. The minimum Gasteiger partial charge on any atom is -0.493 e. The van der Waals surface area contributed by atoms with Crippen molar-refractivity contribution in [3.63, 3.8) is 0 Å². The van der Waals surface area contributed by atoms with Gasteiger partial charge in [0.2, 0.25) is 0 Å². The molecule has 0 radical (unpaired) electrons. The largest absolute Gasteiger partial charge is 0.493 e. The molecule has 0 atom stereocenters. The van der Waals surface area contributed by atoms with Crippen molar-refractivity contribution in [3.8, 4) is 17.6 Å². The van der Waals surface area contributed by atoms with Crippen LogP contribution in [0.4, 0.5) is 5.69 Å². The maximum atomic E-state index is 12.3. The Labute approximate surface area is 162 Å². The monoisotopic (exact) mass is 464 g/mol. The second kappa shape index (κ2) is 8.70. The molecule has 128 valence electrons. The van der Waals surface area contributed by atoms with Crippen LogP contribution in [-0.2, 0) is 4.79 Å². The lowest BCUT2D eigenvalue weighted by Gasteiger charge is -2.10. The highest BCUT2D eigenvalue weighted by Gasteiger charge is 2.13. The molecule has 7 heteroatoms. The molecule has 1 N–H and O–H groups in total. The smallest absolute Gasteiger partial charge is 0.266 e. The molecule has 0 aliphatic rings. The lowest BCUT2D eigenvalue weighted by Crippen LogP contribution is -2.13. The Kier molecular flexibility index (Phi) is 6.62. The SMILES string of the molecule is COc1cc(/C=C(\C#N)C(=O)Nc2ccc(Br)cc2)cc(Br)c1OC. The molecule has 5 nitrogen and oxygen atoms in total. The van der Waals surface area contributed by atoms with Crippen molar-refractivity contribution < 1.29 is 14.3 Å². The van der Waals surface area contributed by atoms with Crippen molar-refractivity contribution in [2.24, 2.45) is 0 Å². The van der Waals surface area contributed by atoms with Gasteiger partial charge in [-0.1, -0.05) is 15.9 Å². The zero-order valence-electron chi connectivity index (χ0n) is 13.5. The summed E-state index contributed by atoms with van der Waals surface area (Å²) in [4.78, 5) is 12.3. The summed E-state index contributed by atoms with van der Waals surface area (Å²) in [6.45, 7) is 0. The topological polar surface area (TPSA) is 71.3 Å². The molecular formula is C18H14Br2N2O3. The van der Waals surface area contributed by atoms with Crippen LogP contribution in [0.1, 0.15) is 5.56 Å². The number of nitrogens with zero attached hydrogens (tertiary/aromatic N) is 1. The number of amides is 1. The van der Waals surface area contributed by atoms with E-state index >= 15 is 0 Å². The van der Waals surface area contributed by atoms with Gasteiger partial charge >= 0.3 is 0 Å². The molecule has 0 aliphatic heterocycles. The number of halogens is 2. The van der Waals surface area contributed by atoms with Gasteiger partial charge in [-0.3, -0.25) is 4.79 Å². The number of methoxy groups -OCH3 is 2. The molecule has 0 spiro atoms. The van der Waals surface area contributed by atoms with Crippen LogP contribution in [0.3, 0.4) is 0 Å². The van der Waals surface area contributed by atoms with Gasteiger partial charge in [0, 0.05) is 10.2 Å². The van der Waals surface area contributed by atoms with Gasteiger partial charge in [-0.05, 0) is 64.0 Å². The van der Waals surface area contributed by atoms with E-state index in [1.165, 1.54) is 20.3 Å². The number of nitriles is 1. The standard InChI is InChI=1S/C18H14Br2N2O3/c1-24-16-9-11(8-15(20)17(16)25-2)7-12(10-21)18(23)22-14-5-3-13(19)4-6-14/h3-9H,1-2H3,(H,22,23)/b12-7+. The molecule has 0 bridgehead atoms. The van der Waals surface area contributed by atoms with Gasteiger partial charge in [0.1, 0.15) is 11.6 Å². The molecule has 0 saturated carbocycles. The quantitative estimate of drug-likeness (QED) is 0.509. The first-order valence-corrected chi connectivity index (χ1v) is 8.67. The van der Waals surface area contributed by atoms with Gasteiger partial charge in [-0.2, -0.15) is 5.26 Å². The summed E-state index contributed by atoms with van der Waals surface area (Å²) in [6, 6.07) is 12.4. The van der Waals surface area contributed by atoms with Crippen molar-refractivity contribution in [1.82, 2.24) is 0 Å². The normalized spacial score (nSPS) is 10.8. The van der Waals surface area contributed by atoms with E-state index in [-0.39, 0.29) is 5.57 Å². The summed E-state index contributed by atoms with van der Waals surface area (Å²) in [5.41, 5.74) is 1.21. The van der Waals surface area contributed by atoms with Gasteiger partial charge in [0.05, 0.1) is 18.7 Å². The third kappa shape index (κ3) is 4.84. The van der Waals surface area contributed by atoms with Gasteiger partial charge in [0.15, 0.2) is 11.5 Å². The lowest BCUT2D eigenvalue weighted by atomic mass is 10.1. The van der Waals surface area contributed by atoms with E-state index in [2.05, 4.69) is 37.2 Å². The summed E-state index contributed by atoms with van der Waals surface area (Å²) < 4.78 is 12.1. The fourth-order valence-corrected chi connectivity index (χ4v) is 2.95. The van der Waals surface area contributed by atoms with Crippen LogP contribution in [0, 0.1) is 11.3 Å². The Bertz CT molecular complexity index is 856. The molecule has 0 saturated heterocycles. The number of hydrogen-bond donors (Lipinski definition) is 1. The zero-order chi connectivity index (χ0) is 18.4. The van der Waals surface area contributed by atoms with Crippen LogP contribution in [-0.4, -0.2) is 20.1 Å². The van der Waals surface area contributed by atoms with E-state index in [1.54, 1.807) is 36.4 Å². The molecule has 0 heterocycles. The average molecular weight is 466 g/mol. The van der Waals surface area contributed by atoms with E-state index in [0.29, 0.717) is 27.2 Å². The molecule has 0 aliphatic carbocycles. The Hall–Kier alpha value is -2.30. The molecule has 0 unspecified atom stereocenters. The highest BCUT2D eigenvalue weighted by molar-refractivity contribution is 9.10. The van der Waals surface area contributed by atoms with Crippen molar-refractivity contribution >= 4 is 49.5 Å². The zero-order valence-corrected chi connectivity index (χ0v) is 16.6. The summed E-state index contributed by atoms with van der Waals surface area (Å²) in [5, 5.41) is 12.0. The predicted molar refractivity (Wildman–Crippen MR) is 104 cm³/mol. The predicted octanol–water partition coefficient (Wildman–Crippen LogP) is 4.77. The summed E-state index contributed by atoms with van der Waals surface area (Å²) in [6.07, 6.45) is 1.49. The first kappa shape index (κ1) is 19.0. The summed E-state index contributed by atoms with van der Waals surface area (Å²) in [7, 11) is 3.05. The maximum Gasteiger partial charge on any atom is 0.266 e. The van der Waals surface area contributed by atoms with E-state index in [0.717, 1.165) is 4.47 Å². The maximum absolute atomic E-state index is 12.3. The molecule has 0 aromatic heterocycles. The number of anilines is 1. The van der Waals surface area contributed by atoms with Gasteiger partial charge in [-0.15, -0.1) is 0 Å². The van der Waals surface area contributed by atoms with E-state index < -0.39 is 5.91 Å². The fourth-order valence-electron chi connectivity index (χ4n) is 2.07. The number of nitrogens with one attached hydrogen (secondary N) is 1. The highest BCUT2D eigenvalue weighted by Crippen LogP contribution is 2.36. The van der Waals surface area contributed by atoms with E-state index in [9.17, 15) is 10.1 Å². The van der Waals surface area contributed by atoms with Crippen molar-refractivity contribution in [1.29, 1.82) is 5.26 Å². The third-order valence-corrected chi connectivity index (χ3v) is 4.35. The first-order valence-electron chi connectivity index (χ1n) is 7.08. The molecule has 2 aromatic rings.